The maximum absolute atomic E-state index is 13.2. The number of hydrogen-bond donors (Lipinski definition) is 3. The second kappa shape index (κ2) is 5.98. The van der Waals surface area contributed by atoms with Gasteiger partial charge in [0.05, 0.1) is 23.9 Å². The van der Waals surface area contributed by atoms with Gasteiger partial charge in [0.1, 0.15) is 11.4 Å². The number of nitrogens with zero attached hydrogens (tertiary/aromatic N) is 2. The highest BCUT2D eigenvalue weighted by Crippen LogP contribution is 2.45. The summed E-state index contributed by atoms with van der Waals surface area (Å²) in [5, 5.41) is 13.0. The van der Waals surface area contributed by atoms with Crippen LogP contribution >= 0.6 is 0 Å². The van der Waals surface area contributed by atoms with Crippen molar-refractivity contribution in [2.45, 2.75) is 24.9 Å². The van der Waals surface area contributed by atoms with Crippen molar-refractivity contribution in [1.29, 1.82) is 0 Å². The number of carbonyl (C=O) groups excluding carboxylic acids is 2. The first-order valence-electron chi connectivity index (χ1n) is 8.47. The van der Waals surface area contributed by atoms with Gasteiger partial charge >= 0.3 is 5.97 Å². The molecular weight excluding hydrogens is 355 g/mol. The molecule has 1 aromatic carbocycles. The van der Waals surface area contributed by atoms with Gasteiger partial charge in [-0.1, -0.05) is 0 Å². The van der Waals surface area contributed by atoms with Crippen LogP contribution in [0.3, 0.4) is 0 Å². The molecule has 0 bridgehead atoms. The van der Waals surface area contributed by atoms with Crippen LogP contribution in [0.1, 0.15) is 12.6 Å². The van der Waals surface area contributed by atoms with Crippen molar-refractivity contribution in [2.75, 3.05) is 4.90 Å². The van der Waals surface area contributed by atoms with Crippen LogP contribution in [0.15, 0.2) is 36.8 Å². The Bertz CT molecular complexity index is 914. The molecule has 2 unspecified atom stereocenters. The second-order valence-corrected chi connectivity index (χ2v) is 6.95. The van der Waals surface area contributed by atoms with Crippen LogP contribution in [0.2, 0.25) is 0 Å². The molecule has 3 heterocycles. The molecule has 27 heavy (non-hydrogen) atoms. The van der Waals surface area contributed by atoms with E-state index in [9.17, 15) is 23.9 Å². The molecule has 8 nitrogen and oxygen atoms in total. The molecule has 2 amide bonds. The van der Waals surface area contributed by atoms with E-state index < -0.39 is 47.0 Å². The Morgan fingerprint density at radius 1 is 1.30 bits per heavy atom. The first kappa shape index (κ1) is 17.3. The SMILES string of the molecule is CC1NC(Cc2cnc[nH]2)(C(=O)O)[C@H]2C(=O)N(c3ccc(F)cc3)C(=O)[C@@H]12. The largest absolute Gasteiger partial charge is 0.480 e. The van der Waals surface area contributed by atoms with Crippen LogP contribution in [-0.4, -0.2) is 44.4 Å². The van der Waals surface area contributed by atoms with E-state index in [-0.39, 0.29) is 12.1 Å². The molecule has 0 aliphatic carbocycles. The molecule has 2 aliphatic heterocycles. The number of halogens is 1. The third-order valence-electron chi connectivity index (χ3n) is 5.40. The number of rotatable bonds is 4. The number of imidazole rings is 1. The lowest BCUT2D eigenvalue weighted by Gasteiger charge is -2.30. The van der Waals surface area contributed by atoms with Crippen molar-refractivity contribution in [3.05, 3.63) is 48.3 Å². The second-order valence-electron chi connectivity index (χ2n) is 6.95. The third kappa shape index (κ3) is 2.46. The fourth-order valence-electron chi connectivity index (χ4n) is 4.26. The molecule has 2 aromatic rings. The lowest BCUT2D eigenvalue weighted by molar-refractivity contribution is -0.148. The molecule has 9 heteroatoms. The van der Waals surface area contributed by atoms with Gasteiger partial charge in [0.15, 0.2) is 0 Å². The Morgan fingerprint density at radius 3 is 2.59 bits per heavy atom. The van der Waals surface area contributed by atoms with Gasteiger partial charge in [-0.2, -0.15) is 0 Å². The van der Waals surface area contributed by atoms with Gasteiger partial charge in [0.2, 0.25) is 11.8 Å². The fourth-order valence-corrected chi connectivity index (χ4v) is 4.26. The number of nitrogens with one attached hydrogen (secondary N) is 2. The molecule has 2 fully saturated rings. The summed E-state index contributed by atoms with van der Waals surface area (Å²) in [6.45, 7) is 1.69. The normalized spacial score (nSPS) is 30.0. The smallest absolute Gasteiger partial charge is 0.325 e. The molecular formula is C18H17FN4O4. The summed E-state index contributed by atoms with van der Waals surface area (Å²) in [7, 11) is 0. The summed E-state index contributed by atoms with van der Waals surface area (Å²) in [4.78, 5) is 46.1. The van der Waals surface area contributed by atoms with Crippen molar-refractivity contribution in [3.63, 3.8) is 0 Å². The molecule has 0 spiro atoms. The minimum Gasteiger partial charge on any atom is -0.480 e. The van der Waals surface area contributed by atoms with E-state index in [2.05, 4.69) is 15.3 Å². The zero-order chi connectivity index (χ0) is 19.3. The van der Waals surface area contributed by atoms with Crippen LogP contribution in [-0.2, 0) is 20.8 Å². The molecule has 2 saturated heterocycles. The van der Waals surface area contributed by atoms with Gasteiger partial charge in [-0.25, -0.2) is 14.3 Å². The predicted molar refractivity (Wildman–Crippen MR) is 91.1 cm³/mol. The maximum atomic E-state index is 13.2. The van der Waals surface area contributed by atoms with Crippen LogP contribution < -0.4 is 10.2 Å². The minimum atomic E-state index is -1.64. The Kier molecular flexibility index (Phi) is 3.84. The number of carboxylic acid groups (broad SMARTS) is 1. The number of imide groups is 1. The summed E-state index contributed by atoms with van der Waals surface area (Å²) in [5.74, 6) is -4.68. The molecule has 4 rings (SSSR count). The number of fused-ring (bicyclic) bond motifs is 1. The van der Waals surface area contributed by atoms with Crippen molar-refractivity contribution < 1.29 is 23.9 Å². The van der Waals surface area contributed by atoms with E-state index in [0.717, 1.165) is 17.0 Å². The Hall–Kier alpha value is -3.07. The molecule has 1 aromatic heterocycles. The quantitative estimate of drug-likeness (QED) is 0.681. The van der Waals surface area contributed by atoms with Crippen LogP contribution in [0.5, 0.6) is 0 Å². The van der Waals surface area contributed by atoms with Gasteiger partial charge in [0, 0.05) is 24.4 Å². The number of benzene rings is 1. The lowest BCUT2D eigenvalue weighted by atomic mass is 9.77. The Labute approximate surface area is 153 Å². The monoisotopic (exact) mass is 372 g/mol. The standard InChI is InChI=1S/C18H17FN4O4/c1-9-13-14(18(22-9,17(26)27)6-11-7-20-8-21-11)16(25)23(15(13)24)12-4-2-10(19)3-5-12/h2-5,7-9,13-14,22H,6H2,1H3,(H,20,21)(H,26,27)/t9?,13-,14+,18?/m0/s1. The number of aromatic amines is 1. The van der Waals surface area contributed by atoms with Crippen molar-refractivity contribution in [2.24, 2.45) is 11.8 Å². The summed E-state index contributed by atoms with van der Waals surface area (Å²) >= 11 is 0. The maximum Gasteiger partial charge on any atom is 0.325 e. The van der Waals surface area contributed by atoms with E-state index in [4.69, 9.17) is 0 Å². The van der Waals surface area contributed by atoms with E-state index >= 15 is 0 Å². The van der Waals surface area contributed by atoms with Gasteiger partial charge in [0.25, 0.3) is 0 Å². The first-order chi connectivity index (χ1) is 12.8. The van der Waals surface area contributed by atoms with E-state index in [1.54, 1.807) is 6.92 Å². The zero-order valence-corrected chi connectivity index (χ0v) is 14.3. The van der Waals surface area contributed by atoms with Crippen molar-refractivity contribution in [3.8, 4) is 0 Å². The number of carbonyl (C=O) groups is 3. The van der Waals surface area contributed by atoms with Crippen molar-refractivity contribution >= 4 is 23.5 Å². The Morgan fingerprint density at radius 2 is 2.00 bits per heavy atom. The van der Waals surface area contributed by atoms with Gasteiger partial charge < -0.3 is 10.1 Å². The number of aliphatic carboxylic acids is 1. The van der Waals surface area contributed by atoms with E-state index in [1.165, 1.54) is 24.7 Å². The third-order valence-corrected chi connectivity index (χ3v) is 5.40. The van der Waals surface area contributed by atoms with Crippen LogP contribution in [0, 0.1) is 17.7 Å². The summed E-state index contributed by atoms with van der Waals surface area (Å²) in [6.07, 6.45) is 2.89. The lowest BCUT2D eigenvalue weighted by Crippen LogP contribution is -2.58. The number of carboxylic acids is 1. The average molecular weight is 372 g/mol. The molecule has 140 valence electrons. The van der Waals surface area contributed by atoms with E-state index in [0.29, 0.717) is 5.69 Å². The van der Waals surface area contributed by atoms with Gasteiger partial charge in [-0.3, -0.25) is 19.7 Å². The average Bonchev–Trinajstić information content (AvgIpc) is 3.29. The molecule has 2 aliphatic rings. The molecule has 4 atom stereocenters. The summed E-state index contributed by atoms with van der Waals surface area (Å²) in [5.41, 5.74) is -0.870. The summed E-state index contributed by atoms with van der Waals surface area (Å²) in [6, 6.07) is 4.46. The fraction of sp³-hybridized carbons (Fsp3) is 0.333. The highest BCUT2D eigenvalue weighted by molar-refractivity contribution is 6.24. The number of anilines is 1. The molecule has 0 saturated carbocycles. The first-order valence-corrected chi connectivity index (χ1v) is 8.47. The summed E-state index contributed by atoms with van der Waals surface area (Å²) < 4.78 is 13.2. The Balaban J connectivity index is 1.77. The highest BCUT2D eigenvalue weighted by atomic mass is 19.1. The van der Waals surface area contributed by atoms with Gasteiger partial charge in [-0.05, 0) is 31.2 Å². The number of hydrogen-bond acceptors (Lipinski definition) is 5. The molecule has 3 N–H and O–H groups in total. The number of amides is 2. The number of H-pyrrole nitrogens is 1. The highest BCUT2D eigenvalue weighted by Gasteiger charge is 2.67. The zero-order valence-electron chi connectivity index (χ0n) is 14.3. The molecule has 0 radical (unpaired) electrons. The minimum absolute atomic E-state index is 0.0237. The van der Waals surface area contributed by atoms with Crippen LogP contribution in [0.25, 0.3) is 0 Å². The van der Waals surface area contributed by atoms with Crippen LogP contribution in [0.4, 0.5) is 10.1 Å². The van der Waals surface area contributed by atoms with Crippen molar-refractivity contribution in [1.82, 2.24) is 15.3 Å². The van der Waals surface area contributed by atoms with E-state index in [1.807, 2.05) is 0 Å². The van der Waals surface area contributed by atoms with Gasteiger partial charge in [-0.15, -0.1) is 0 Å². The number of aromatic nitrogens is 2. The predicted octanol–water partition coefficient (Wildman–Crippen LogP) is 0.712. The topological polar surface area (TPSA) is 115 Å².